The fraction of sp³-hybridized carbons (Fsp3) is 0.429. The SMILES string of the molecule is CCNC(=O)[C@@H](C)OC(=O)c1cc(C)ccc1OC. The van der Waals surface area contributed by atoms with Crippen molar-refractivity contribution in [1.29, 1.82) is 0 Å². The van der Waals surface area contributed by atoms with E-state index in [9.17, 15) is 9.59 Å². The quantitative estimate of drug-likeness (QED) is 0.823. The Morgan fingerprint density at radius 1 is 1.37 bits per heavy atom. The van der Waals surface area contributed by atoms with Crippen LogP contribution in [0.15, 0.2) is 18.2 Å². The Morgan fingerprint density at radius 2 is 2.05 bits per heavy atom. The minimum atomic E-state index is -0.835. The molecule has 0 saturated carbocycles. The minimum absolute atomic E-state index is 0.317. The third-order valence-corrected chi connectivity index (χ3v) is 2.58. The molecular formula is C14H19NO4. The Morgan fingerprint density at radius 3 is 2.63 bits per heavy atom. The standard InChI is InChI=1S/C14H19NO4/c1-5-15-13(16)10(3)19-14(17)11-8-9(2)6-7-12(11)18-4/h6-8,10H,5H2,1-4H3,(H,15,16)/t10-/m1/s1. The van der Waals surface area contributed by atoms with E-state index < -0.39 is 12.1 Å². The van der Waals surface area contributed by atoms with Crippen LogP contribution >= 0.6 is 0 Å². The monoisotopic (exact) mass is 265 g/mol. The number of methoxy groups -OCH3 is 1. The first-order valence-electron chi connectivity index (χ1n) is 6.13. The van der Waals surface area contributed by atoms with E-state index in [4.69, 9.17) is 9.47 Å². The average molecular weight is 265 g/mol. The number of carbonyl (C=O) groups is 2. The topological polar surface area (TPSA) is 64.6 Å². The van der Waals surface area contributed by atoms with Gasteiger partial charge in [-0.15, -0.1) is 0 Å². The molecule has 0 aromatic heterocycles. The van der Waals surface area contributed by atoms with Crippen molar-refractivity contribution in [3.63, 3.8) is 0 Å². The molecule has 1 amide bonds. The lowest BCUT2D eigenvalue weighted by Crippen LogP contribution is -2.35. The number of nitrogens with one attached hydrogen (secondary N) is 1. The number of aryl methyl sites for hydroxylation is 1. The van der Waals surface area contributed by atoms with E-state index in [1.165, 1.54) is 14.0 Å². The van der Waals surface area contributed by atoms with Gasteiger partial charge in [-0.25, -0.2) is 4.79 Å². The van der Waals surface area contributed by atoms with Crippen LogP contribution in [0.3, 0.4) is 0 Å². The van der Waals surface area contributed by atoms with Gasteiger partial charge in [-0.05, 0) is 32.9 Å². The van der Waals surface area contributed by atoms with Gasteiger partial charge in [-0.3, -0.25) is 4.79 Å². The zero-order valence-corrected chi connectivity index (χ0v) is 11.6. The molecule has 0 unspecified atom stereocenters. The summed E-state index contributed by atoms with van der Waals surface area (Å²) in [6.07, 6.45) is -0.835. The first-order valence-corrected chi connectivity index (χ1v) is 6.13. The first kappa shape index (κ1) is 15.0. The van der Waals surface area contributed by atoms with Crippen molar-refractivity contribution in [2.24, 2.45) is 0 Å². The van der Waals surface area contributed by atoms with E-state index in [-0.39, 0.29) is 5.91 Å². The summed E-state index contributed by atoms with van der Waals surface area (Å²) in [4.78, 5) is 23.5. The van der Waals surface area contributed by atoms with E-state index in [0.717, 1.165) is 5.56 Å². The zero-order valence-electron chi connectivity index (χ0n) is 11.6. The average Bonchev–Trinajstić information content (AvgIpc) is 2.38. The van der Waals surface area contributed by atoms with Crippen LogP contribution in [0.1, 0.15) is 29.8 Å². The molecule has 0 fully saturated rings. The van der Waals surface area contributed by atoms with Crippen molar-refractivity contribution in [2.75, 3.05) is 13.7 Å². The molecule has 0 aliphatic rings. The van der Waals surface area contributed by atoms with Gasteiger partial charge in [-0.2, -0.15) is 0 Å². The highest BCUT2D eigenvalue weighted by Crippen LogP contribution is 2.21. The summed E-state index contributed by atoms with van der Waals surface area (Å²) in [6.45, 7) is 5.69. The third-order valence-electron chi connectivity index (χ3n) is 2.58. The second-order valence-electron chi connectivity index (χ2n) is 4.15. The Bertz CT molecular complexity index is 471. The van der Waals surface area contributed by atoms with Crippen molar-refractivity contribution in [1.82, 2.24) is 5.32 Å². The van der Waals surface area contributed by atoms with Crippen LogP contribution in [0, 0.1) is 6.92 Å². The van der Waals surface area contributed by atoms with Gasteiger partial charge in [0.15, 0.2) is 6.10 Å². The molecule has 1 N–H and O–H groups in total. The van der Waals surface area contributed by atoms with Gasteiger partial charge >= 0.3 is 5.97 Å². The summed E-state index contributed by atoms with van der Waals surface area (Å²) in [6, 6.07) is 5.21. The summed E-state index contributed by atoms with van der Waals surface area (Å²) in [5.41, 5.74) is 1.23. The lowest BCUT2D eigenvalue weighted by atomic mass is 10.1. The highest BCUT2D eigenvalue weighted by atomic mass is 16.5. The summed E-state index contributed by atoms with van der Waals surface area (Å²) < 4.78 is 10.2. The second-order valence-corrected chi connectivity index (χ2v) is 4.15. The molecule has 0 aliphatic heterocycles. The largest absolute Gasteiger partial charge is 0.496 e. The number of esters is 1. The molecule has 0 bridgehead atoms. The molecule has 0 spiro atoms. The van der Waals surface area contributed by atoms with E-state index in [1.54, 1.807) is 19.1 Å². The molecule has 0 heterocycles. The van der Waals surface area contributed by atoms with Crippen LogP contribution < -0.4 is 10.1 Å². The van der Waals surface area contributed by atoms with E-state index in [1.807, 2.05) is 13.0 Å². The Kier molecular flexibility index (Phi) is 5.36. The number of hydrogen-bond donors (Lipinski definition) is 1. The molecule has 1 aromatic carbocycles. The summed E-state index contributed by atoms with van der Waals surface area (Å²) in [7, 11) is 1.48. The summed E-state index contributed by atoms with van der Waals surface area (Å²) >= 11 is 0. The highest BCUT2D eigenvalue weighted by molar-refractivity contribution is 5.94. The number of amides is 1. The predicted octanol–water partition coefficient (Wildman–Crippen LogP) is 1.69. The third kappa shape index (κ3) is 3.98. The molecule has 5 heteroatoms. The summed E-state index contributed by atoms with van der Waals surface area (Å²) in [5, 5.41) is 2.59. The Balaban J connectivity index is 2.83. The van der Waals surface area contributed by atoms with E-state index in [2.05, 4.69) is 5.32 Å². The van der Waals surface area contributed by atoms with Crippen molar-refractivity contribution in [3.05, 3.63) is 29.3 Å². The number of hydrogen-bond acceptors (Lipinski definition) is 4. The maximum absolute atomic E-state index is 12.0. The molecule has 0 saturated heterocycles. The van der Waals surface area contributed by atoms with Crippen molar-refractivity contribution < 1.29 is 19.1 Å². The fourth-order valence-electron chi connectivity index (χ4n) is 1.58. The van der Waals surface area contributed by atoms with Crippen LogP contribution in [-0.2, 0) is 9.53 Å². The zero-order chi connectivity index (χ0) is 14.4. The summed E-state index contributed by atoms with van der Waals surface area (Å²) in [5.74, 6) is -0.458. The van der Waals surface area contributed by atoms with Crippen LogP contribution in [0.25, 0.3) is 0 Å². The Labute approximate surface area is 112 Å². The highest BCUT2D eigenvalue weighted by Gasteiger charge is 2.20. The van der Waals surface area contributed by atoms with Gasteiger partial charge in [0.1, 0.15) is 11.3 Å². The molecule has 1 rings (SSSR count). The van der Waals surface area contributed by atoms with Crippen LogP contribution in [0.2, 0.25) is 0 Å². The fourth-order valence-corrected chi connectivity index (χ4v) is 1.58. The van der Waals surface area contributed by atoms with Crippen LogP contribution in [0.5, 0.6) is 5.75 Å². The number of carbonyl (C=O) groups excluding carboxylic acids is 2. The van der Waals surface area contributed by atoms with Gasteiger partial charge in [0.25, 0.3) is 5.91 Å². The smallest absolute Gasteiger partial charge is 0.342 e. The van der Waals surface area contributed by atoms with Crippen LogP contribution in [-0.4, -0.2) is 31.6 Å². The molecular weight excluding hydrogens is 246 g/mol. The van der Waals surface area contributed by atoms with Gasteiger partial charge in [-0.1, -0.05) is 11.6 Å². The van der Waals surface area contributed by atoms with Crippen molar-refractivity contribution in [3.8, 4) is 5.75 Å². The van der Waals surface area contributed by atoms with Gasteiger partial charge in [0, 0.05) is 6.54 Å². The molecule has 104 valence electrons. The molecule has 1 atom stereocenters. The molecule has 0 radical (unpaired) electrons. The molecule has 0 aliphatic carbocycles. The maximum atomic E-state index is 12.0. The Hall–Kier alpha value is -2.04. The first-order chi connectivity index (χ1) is 8.99. The van der Waals surface area contributed by atoms with Gasteiger partial charge < -0.3 is 14.8 Å². The normalized spacial score (nSPS) is 11.6. The number of rotatable bonds is 5. The lowest BCUT2D eigenvalue weighted by molar-refractivity contribution is -0.128. The van der Waals surface area contributed by atoms with Crippen LogP contribution in [0.4, 0.5) is 0 Å². The number of ether oxygens (including phenoxy) is 2. The lowest BCUT2D eigenvalue weighted by Gasteiger charge is -2.14. The van der Waals surface area contributed by atoms with E-state index >= 15 is 0 Å². The predicted molar refractivity (Wildman–Crippen MR) is 71.3 cm³/mol. The number of likely N-dealkylation sites (N-methyl/N-ethyl adjacent to an activating group) is 1. The van der Waals surface area contributed by atoms with Crippen molar-refractivity contribution >= 4 is 11.9 Å². The van der Waals surface area contributed by atoms with Crippen molar-refractivity contribution in [2.45, 2.75) is 26.9 Å². The molecule has 5 nitrogen and oxygen atoms in total. The minimum Gasteiger partial charge on any atom is -0.496 e. The molecule has 1 aromatic rings. The molecule has 19 heavy (non-hydrogen) atoms. The van der Waals surface area contributed by atoms with Gasteiger partial charge in [0.2, 0.25) is 0 Å². The van der Waals surface area contributed by atoms with Gasteiger partial charge in [0.05, 0.1) is 7.11 Å². The maximum Gasteiger partial charge on any atom is 0.342 e. The van der Waals surface area contributed by atoms with E-state index in [0.29, 0.717) is 17.9 Å². The second kappa shape index (κ2) is 6.78. The number of benzene rings is 1.